The van der Waals surface area contributed by atoms with Gasteiger partial charge in [0.1, 0.15) is 0 Å². The van der Waals surface area contributed by atoms with Gasteiger partial charge < -0.3 is 14.7 Å². The highest BCUT2D eigenvalue weighted by Gasteiger charge is 2.28. The first kappa shape index (κ1) is 13.9. The summed E-state index contributed by atoms with van der Waals surface area (Å²) in [5.74, 6) is 0.288. The molecule has 96 valence electrons. The molecule has 2 atom stereocenters. The first-order chi connectivity index (χ1) is 7.42. The zero-order valence-electron chi connectivity index (χ0n) is 11.2. The van der Waals surface area contributed by atoms with Crippen molar-refractivity contribution in [3.05, 3.63) is 0 Å². The van der Waals surface area contributed by atoms with Gasteiger partial charge in [0.15, 0.2) is 6.29 Å². The molecule has 16 heavy (non-hydrogen) atoms. The molecule has 0 saturated carbocycles. The molecule has 0 aromatic carbocycles. The number of hydrogen-bond donors (Lipinski definition) is 1. The van der Waals surface area contributed by atoms with Crippen molar-refractivity contribution in [2.45, 2.75) is 46.8 Å². The van der Waals surface area contributed by atoms with Crippen LogP contribution in [0.5, 0.6) is 0 Å². The molecular weight excluding hydrogens is 202 g/mol. The van der Waals surface area contributed by atoms with Crippen LogP contribution in [0.4, 0.5) is 0 Å². The highest BCUT2D eigenvalue weighted by molar-refractivity contribution is 4.78. The lowest BCUT2D eigenvalue weighted by Gasteiger charge is -2.38. The maximum absolute atomic E-state index is 9.84. The summed E-state index contributed by atoms with van der Waals surface area (Å²) >= 11 is 0. The molecule has 0 amide bonds. The van der Waals surface area contributed by atoms with Gasteiger partial charge in [-0.15, -0.1) is 0 Å². The smallest absolute Gasteiger partial charge is 0.158 e. The van der Waals surface area contributed by atoms with Crippen LogP contribution >= 0.6 is 0 Å². The molecule has 1 aliphatic heterocycles. The molecule has 1 N–H and O–H groups in total. The maximum atomic E-state index is 9.84. The molecule has 0 aliphatic carbocycles. The predicted molar refractivity (Wildman–Crippen MR) is 66.3 cm³/mol. The average Bonchev–Trinajstić information content (AvgIpc) is 2.16. The summed E-state index contributed by atoms with van der Waals surface area (Å²) in [6, 6.07) is 0. The molecular formula is C13H27NO2. The monoisotopic (exact) mass is 229 g/mol. The zero-order chi connectivity index (χ0) is 12.2. The Morgan fingerprint density at radius 2 is 2.12 bits per heavy atom. The van der Waals surface area contributed by atoms with Crippen molar-refractivity contribution in [3.63, 3.8) is 0 Å². The van der Waals surface area contributed by atoms with E-state index in [-0.39, 0.29) is 5.92 Å². The van der Waals surface area contributed by atoms with Gasteiger partial charge >= 0.3 is 0 Å². The van der Waals surface area contributed by atoms with E-state index < -0.39 is 6.29 Å². The molecule has 1 heterocycles. The lowest BCUT2D eigenvalue weighted by Crippen LogP contribution is -2.44. The van der Waals surface area contributed by atoms with Crippen molar-refractivity contribution in [1.82, 2.24) is 4.90 Å². The van der Waals surface area contributed by atoms with Crippen LogP contribution in [0.2, 0.25) is 0 Å². The van der Waals surface area contributed by atoms with Crippen molar-refractivity contribution >= 4 is 0 Å². The standard InChI is InChI=1S/C13H27NO2/c1-5-16-12(15)11-7-6-8-14(9-11)10-13(2,3)4/h11-12,15H,5-10H2,1-4H3. The van der Waals surface area contributed by atoms with Crippen LogP contribution < -0.4 is 0 Å². The van der Waals surface area contributed by atoms with Crippen LogP contribution in [0, 0.1) is 11.3 Å². The fourth-order valence-corrected chi connectivity index (χ4v) is 2.45. The van der Waals surface area contributed by atoms with Gasteiger partial charge in [-0.3, -0.25) is 0 Å². The Balaban J connectivity index is 2.41. The van der Waals surface area contributed by atoms with E-state index in [0.717, 1.165) is 26.1 Å². The molecule has 1 rings (SSSR count). The fraction of sp³-hybridized carbons (Fsp3) is 1.00. The summed E-state index contributed by atoms with van der Waals surface area (Å²) in [5.41, 5.74) is 0.332. The van der Waals surface area contributed by atoms with E-state index in [1.54, 1.807) is 0 Å². The van der Waals surface area contributed by atoms with E-state index in [4.69, 9.17) is 4.74 Å². The van der Waals surface area contributed by atoms with Gasteiger partial charge in [0.05, 0.1) is 0 Å². The summed E-state index contributed by atoms with van der Waals surface area (Å²) in [6.45, 7) is 12.5. The minimum atomic E-state index is -0.576. The quantitative estimate of drug-likeness (QED) is 0.749. The second kappa shape index (κ2) is 5.99. The second-order valence-electron chi connectivity index (χ2n) is 6.04. The van der Waals surface area contributed by atoms with Gasteiger partial charge in [0, 0.05) is 25.6 Å². The van der Waals surface area contributed by atoms with Gasteiger partial charge in [0.25, 0.3) is 0 Å². The summed E-state index contributed by atoms with van der Waals surface area (Å²) < 4.78 is 5.29. The van der Waals surface area contributed by atoms with Gasteiger partial charge in [-0.05, 0) is 31.7 Å². The number of piperidine rings is 1. The molecule has 0 aromatic heterocycles. The molecule has 1 fully saturated rings. The maximum Gasteiger partial charge on any atom is 0.158 e. The molecule has 3 heteroatoms. The van der Waals surface area contributed by atoms with E-state index in [2.05, 4.69) is 25.7 Å². The van der Waals surface area contributed by atoms with Crippen molar-refractivity contribution in [2.75, 3.05) is 26.2 Å². The predicted octanol–water partition coefficient (Wildman–Crippen LogP) is 2.10. The van der Waals surface area contributed by atoms with Gasteiger partial charge in [0.2, 0.25) is 0 Å². The number of hydrogen-bond acceptors (Lipinski definition) is 3. The molecule has 3 nitrogen and oxygen atoms in total. The largest absolute Gasteiger partial charge is 0.368 e. The topological polar surface area (TPSA) is 32.7 Å². The Morgan fingerprint density at radius 3 is 2.69 bits per heavy atom. The number of nitrogens with zero attached hydrogens (tertiary/aromatic N) is 1. The van der Waals surface area contributed by atoms with Gasteiger partial charge in [-0.25, -0.2) is 0 Å². The third-order valence-electron chi connectivity index (χ3n) is 2.98. The lowest BCUT2D eigenvalue weighted by atomic mass is 9.92. The van der Waals surface area contributed by atoms with Crippen LogP contribution in [0.15, 0.2) is 0 Å². The first-order valence-corrected chi connectivity index (χ1v) is 6.44. The molecule has 0 spiro atoms. The Hall–Kier alpha value is -0.120. The summed E-state index contributed by atoms with van der Waals surface area (Å²) in [5, 5.41) is 9.84. The number of aliphatic hydroxyl groups is 1. The summed E-state index contributed by atoms with van der Waals surface area (Å²) in [6.07, 6.45) is 1.68. The third kappa shape index (κ3) is 4.81. The van der Waals surface area contributed by atoms with Crippen LogP contribution in [0.25, 0.3) is 0 Å². The number of ether oxygens (including phenoxy) is 1. The highest BCUT2D eigenvalue weighted by atomic mass is 16.6. The Kier molecular flexibility index (Phi) is 5.22. The van der Waals surface area contributed by atoms with E-state index in [1.807, 2.05) is 6.92 Å². The van der Waals surface area contributed by atoms with E-state index in [9.17, 15) is 5.11 Å². The lowest BCUT2D eigenvalue weighted by molar-refractivity contribution is -0.143. The molecule has 1 aliphatic rings. The van der Waals surface area contributed by atoms with E-state index >= 15 is 0 Å². The Labute approximate surface area is 99.8 Å². The highest BCUT2D eigenvalue weighted by Crippen LogP contribution is 2.24. The summed E-state index contributed by atoms with van der Waals surface area (Å²) in [4.78, 5) is 2.45. The van der Waals surface area contributed by atoms with Crippen molar-refractivity contribution in [1.29, 1.82) is 0 Å². The van der Waals surface area contributed by atoms with Crippen molar-refractivity contribution < 1.29 is 9.84 Å². The van der Waals surface area contributed by atoms with E-state index in [0.29, 0.717) is 12.0 Å². The van der Waals surface area contributed by atoms with Crippen LogP contribution in [-0.2, 0) is 4.74 Å². The van der Waals surface area contributed by atoms with Crippen LogP contribution in [-0.4, -0.2) is 42.5 Å². The second-order valence-corrected chi connectivity index (χ2v) is 6.04. The van der Waals surface area contributed by atoms with Crippen LogP contribution in [0.1, 0.15) is 40.5 Å². The minimum absolute atomic E-state index is 0.288. The van der Waals surface area contributed by atoms with Crippen molar-refractivity contribution in [2.24, 2.45) is 11.3 Å². The van der Waals surface area contributed by atoms with E-state index in [1.165, 1.54) is 6.42 Å². The minimum Gasteiger partial charge on any atom is -0.368 e. The molecule has 2 unspecified atom stereocenters. The first-order valence-electron chi connectivity index (χ1n) is 6.44. The number of likely N-dealkylation sites (tertiary alicyclic amines) is 1. The normalized spacial score (nSPS) is 25.7. The number of aliphatic hydroxyl groups excluding tert-OH is 1. The average molecular weight is 229 g/mol. The number of rotatable bonds is 4. The SMILES string of the molecule is CCOC(O)C1CCCN(CC(C)(C)C)C1. The van der Waals surface area contributed by atoms with Gasteiger partial charge in [-0.1, -0.05) is 20.8 Å². The summed E-state index contributed by atoms with van der Waals surface area (Å²) in [7, 11) is 0. The fourth-order valence-electron chi connectivity index (χ4n) is 2.45. The molecule has 1 saturated heterocycles. The van der Waals surface area contributed by atoms with Gasteiger partial charge in [-0.2, -0.15) is 0 Å². The van der Waals surface area contributed by atoms with Crippen molar-refractivity contribution in [3.8, 4) is 0 Å². The van der Waals surface area contributed by atoms with Crippen LogP contribution in [0.3, 0.4) is 0 Å². The molecule has 0 bridgehead atoms. The molecule has 0 aromatic rings. The zero-order valence-corrected chi connectivity index (χ0v) is 11.2. The third-order valence-corrected chi connectivity index (χ3v) is 2.98. The Bertz CT molecular complexity index is 201. The molecule has 0 radical (unpaired) electrons. The Morgan fingerprint density at radius 1 is 1.44 bits per heavy atom.